The standard InChI is InChI=1S/C29H33ClN2O3/c1-4-16-31-29(34)27(18-23-10-6-5-7-11-23)32(19-24-12-8-9-13-26(24)30)28(33)20-35-25-15-14-21(2)22(3)17-25/h5-15,17,27H,4,16,18-20H2,1-3H3,(H,31,34). The van der Waals surface area contributed by atoms with Crippen LogP contribution in [0, 0.1) is 13.8 Å². The maximum atomic E-state index is 13.6. The van der Waals surface area contributed by atoms with Gasteiger partial charge in [-0.3, -0.25) is 9.59 Å². The highest BCUT2D eigenvalue weighted by molar-refractivity contribution is 6.31. The van der Waals surface area contributed by atoms with E-state index in [2.05, 4.69) is 5.32 Å². The lowest BCUT2D eigenvalue weighted by Gasteiger charge is -2.31. The number of hydrogen-bond acceptors (Lipinski definition) is 3. The van der Waals surface area contributed by atoms with Gasteiger partial charge in [-0.2, -0.15) is 0 Å². The van der Waals surface area contributed by atoms with Crippen molar-refractivity contribution in [1.82, 2.24) is 10.2 Å². The summed E-state index contributed by atoms with van der Waals surface area (Å²) in [6.07, 6.45) is 1.19. The molecular formula is C29H33ClN2O3. The van der Waals surface area contributed by atoms with Crippen LogP contribution in [0.5, 0.6) is 5.75 Å². The van der Waals surface area contributed by atoms with Gasteiger partial charge in [0.1, 0.15) is 11.8 Å². The number of benzene rings is 3. The van der Waals surface area contributed by atoms with E-state index in [9.17, 15) is 9.59 Å². The summed E-state index contributed by atoms with van der Waals surface area (Å²) in [5.41, 5.74) is 3.98. The molecule has 0 aliphatic carbocycles. The molecule has 3 aromatic carbocycles. The molecule has 1 atom stereocenters. The summed E-state index contributed by atoms with van der Waals surface area (Å²) >= 11 is 6.44. The molecule has 5 nitrogen and oxygen atoms in total. The number of rotatable bonds is 11. The monoisotopic (exact) mass is 492 g/mol. The van der Waals surface area contributed by atoms with Gasteiger partial charge in [0.05, 0.1) is 0 Å². The van der Waals surface area contributed by atoms with Crippen molar-refractivity contribution < 1.29 is 14.3 Å². The molecule has 0 aliphatic rings. The topological polar surface area (TPSA) is 58.6 Å². The number of carbonyl (C=O) groups excluding carboxylic acids is 2. The van der Waals surface area contributed by atoms with Crippen molar-refractivity contribution in [2.75, 3.05) is 13.2 Å². The smallest absolute Gasteiger partial charge is 0.261 e. The first kappa shape index (κ1) is 26.3. The third-order valence-electron chi connectivity index (χ3n) is 5.96. The van der Waals surface area contributed by atoms with Crippen LogP contribution in [0.25, 0.3) is 0 Å². The maximum Gasteiger partial charge on any atom is 0.261 e. The van der Waals surface area contributed by atoms with Gasteiger partial charge in [0, 0.05) is 24.5 Å². The van der Waals surface area contributed by atoms with Crippen LogP contribution in [0.15, 0.2) is 72.8 Å². The summed E-state index contributed by atoms with van der Waals surface area (Å²) in [5, 5.41) is 3.52. The second kappa shape index (κ2) is 13.0. The molecular weight excluding hydrogens is 460 g/mol. The summed E-state index contributed by atoms with van der Waals surface area (Å²) in [7, 11) is 0. The van der Waals surface area contributed by atoms with Gasteiger partial charge in [0.15, 0.2) is 6.61 Å². The highest BCUT2D eigenvalue weighted by Gasteiger charge is 2.31. The van der Waals surface area contributed by atoms with Crippen molar-refractivity contribution in [3.05, 3.63) is 100 Å². The predicted octanol–water partition coefficient (Wildman–Crippen LogP) is 5.50. The molecule has 0 radical (unpaired) electrons. The van der Waals surface area contributed by atoms with Gasteiger partial charge < -0.3 is 15.0 Å². The number of aryl methyl sites for hydroxylation is 2. The second-order valence-corrected chi connectivity index (χ2v) is 9.05. The Balaban J connectivity index is 1.90. The van der Waals surface area contributed by atoms with E-state index in [1.807, 2.05) is 87.5 Å². The Morgan fingerprint density at radius 1 is 0.971 bits per heavy atom. The predicted molar refractivity (Wildman–Crippen MR) is 141 cm³/mol. The minimum atomic E-state index is -0.712. The first-order valence-corrected chi connectivity index (χ1v) is 12.3. The van der Waals surface area contributed by atoms with Crippen LogP contribution in [-0.4, -0.2) is 35.9 Å². The third kappa shape index (κ3) is 7.59. The number of ether oxygens (including phenoxy) is 1. The molecule has 1 unspecified atom stereocenters. The number of halogens is 1. The summed E-state index contributed by atoms with van der Waals surface area (Å²) in [5.74, 6) is 0.146. The molecule has 0 heterocycles. The van der Waals surface area contributed by atoms with Crippen molar-refractivity contribution in [3.8, 4) is 5.75 Å². The fraction of sp³-hybridized carbons (Fsp3) is 0.310. The second-order valence-electron chi connectivity index (χ2n) is 8.64. The minimum Gasteiger partial charge on any atom is -0.484 e. The van der Waals surface area contributed by atoms with Crippen molar-refractivity contribution in [2.24, 2.45) is 0 Å². The molecule has 184 valence electrons. The zero-order chi connectivity index (χ0) is 25.2. The Morgan fingerprint density at radius 3 is 2.37 bits per heavy atom. The maximum absolute atomic E-state index is 13.6. The Hall–Kier alpha value is -3.31. The van der Waals surface area contributed by atoms with Gasteiger partial charge in [-0.25, -0.2) is 0 Å². The molecule has 3 rings (SSSR count). The van der Waals surface area contributed by atoms with Gasteiger partial charge in [-0.1, -0.05) is 73.1 Å². The van der Waals surface area contributed by atoms with E-state index in [0.717, 1.165) is 28.7 Å². The molecule has 0 saturated heterocycles. The lowest BCUT2D eigenvalue weighted by molar-refractivity contribution is -0.142. The first-order valence-electron chi connectivity index (χ1n) is 11.9. The zero-order valence-electron chi connectivity index (χ0n) is 20.6. The van der Waals surface area contributed by atoms with E-state index in [-0.39, 0.29) is 25.0 Å². The highest BCUT2D eigenvalue weighted by Crippen LogP contribution is 2.21. The van der Waals surface area contributed by atoms with Gasteiger partial charge in [0.25, 0.3) is 5.91 Å². The third-order valence-corrected chi connectivity index (χ3v) is 6.33. The number of nitrogens with one attached hydrogen (secondary N) is 1. The van der Waals surface area contributed by atoms with Crippen LogP contribution in [0.4, 0.5) is 0 Å². The van der Waals surface area contributed by atoms with E-state index in [1.54, 1.807) is 11.0 Å². The molecule has 3 aromatic rings. The van der Waals surface area contributed by atoms with Crippen molar-refractivity contribution in [3.63, 3.8) is 0 Å². The largest absolute Gasteiger partial charge is 0.484 e. The van der Waals surface area contributed by atoms with Gasteiger partial charge >= 0.3 is 0 Å². The van der Waals surface area contributed by atoms with Gasteiger partial charge in [-0.15, -0.1) is 0 Å². The Morgan fingerprint density at radius 2 is 1.69 bits per heavy atom. The van der Waals surface area contributed by atoms with Crippen molar-refractivity contribution in [2.45, 2.75) is 46.2 Å². The molecule has 6 heteroatoms. The van der Waals surface area contributed by atoms with E-state index < -0.39 is 6.04 Å². The number of carbonyl (C=O) groups is 2. The molecule has 0 spiro atoms. The number of amides is 2. The van der Waals surface area contributed by atoms with Crippen LogP contribution in [0.2, 0.25) is 5.02 Å². The number of nitrogens with zero attached hydrogens (tertiary/aromatic N) is 1. The van der Waals surface area contributed by atoms with Crippen LogP contribution < -0.4 is 10.1 Å². The Kier molecular flexibility index (Phi) is 9.74. The molecule has 0 aliphatic heterocycles. The van der Waals surface area contributed by atoms with Crippen molar-refractivity contribution >= 4 is 23.4 Å². The van der Waals surface area contributed by atoms with E-state index in [1.165, 1.54) is 0 Å². The zero-order valence-corrected chi connectivity index (χ0v) is 21.3. The summed E-state index contributed by atoms with van der Waals surface area (Å²) in [6, 6.07) is 22.1. The molecule has 0 saturated carbocycles. The van der Waals surface area contributed by atoms with Crippen LogP contribution in [0.3, 0.4) is 0 Å². The summed E-state index contributed by atoms with van der Waals surface area (Å²) in [4.78, 5) is 28.5. The van der Waals surface area contributed by atoms with Crippen LogP contribution in [-0.2, 0) is 22.6 Å². The van der Waals surface area contributed by atoms with E-state index >= 15 is 0 Å². The average molecular weight is 493 g/mol. The molecule has 0 fully saturated rings. The van der Waals surface area contributed by atoms with Gasteiger partial charge in [-0.05, 0) is 60.7 Å². The summed E-state index contributed by atoms with van der Waals surface area (Å²) in [6.45, 7) is 6.58. The molecule has 1 N–H and O–H groups in total. The van der Waals surface area contributed by atoms with E-state index in [4.69, 9.17) is 16.3 Å². The first-order chi connectivity index (χ1) is 16.9. The average Bonchev–Trinajstić information content (AvgIpc) is 2.86. The number of hydrogen-bond donors (Lipinski definition) is 1. The fourth-order valence-corrected chi connectivity index (χ4v) is 3.96. The molecule has 2 amide bonds. The van der Waals surface area contributed by atoms with Crippen LogP contribution in [0.1, 0.15) is 35.6 Å². The SMILES string of the molecule is CCCNC(=O)C(Cc1ccccc1)N(Cc1ccccc1Cl)C(=O)COc1ccc(C)c(C)c1. The highest BCUT2D eigenvalue weighted by atomic mass is 35.5. The Bertz CT molecular complexity index is 1130. The molecule has 0 aromatic heterocycles. The van der Waals surface area contributed by atoms with Crippen molar-refractivity contribution in [1.29, 1.82) is 0 Å². The fourth-order valence-electron chi connectivity index (χ4n) is 3.76. The lowest BCUT2D eigenvalue weighted by atomic mass is 10.0. The minimum absolute atomic E-state index is 0.181. The molecule has 0 bridgehead atoms. The van der Waals surface area contributed by atoms with Gasteiger partial charge in [0.2, 0.25) is 5.91 Å². The Labute approximate surface area is 213 Å². The van der Waals surface area contributed by atoms with E-state index in [0.29, 0.717) is 23.7 Å². The molecule has 35 heavy (non-hydrogen) atoms. The quantitative estimate of drug-likeness (QED) is 0.384. The normalized spacial score (nSPS) is 11.5. The summed E-state index contributed by atoms with van der Waals surface area (Å²) < 4.78 is 5.86. The lowest BCUT2D eigenvalue weighted by Crippen LogP contribution is -2.51. The van der Waals surface area contributed by atoms with Crippen LogP contribution >= 0.6 is 11.6 Å².